The number of hydrogen-bond donors (Lipinski definition) is 0. The second kappa shape index (κ2) is 17.4. The van der Waals surface area contributed by atoms with Crippen molar-refractivity contribution in [3.05, 3.63) is 198 Å². The van der Waals surface area contributed by atoms with Gasteiger partial charge in [-0.3, -0.25) is 0 Å². The van der Waals surface area contributed by atoms with E-state index in [-0.39, 0.29) is 0 Å². The molecule has 0 saturated heterocycles. The van der Waals surface area contributed by atoms with E-state index < -0.39 is 0 Å². The van der Waals surface area contributed by atoms with Gasteiger partial charge in [-0.15, -0.1) is 0 Å². The highest BCUT2D eigenvalue weighted by Gasteiger charge is 2.18. The van der Waals surface area contributed by atoms with Crippen molar-refractivity contribution in [3.63, 3.8) is 0 Å². The standard InChI is InChI=1S/C48H42N2.C2H6/c1-4-5-18-37-27-29-43-45(32-37)44(31-36-19-10-6-11-20-36)42-30-28-41(33-46(42)47(43)40-25-16-9-17-26-40)48(49-34(2)38-21-12-7-13-22-38)50-35(3)39-23-14-8-15-24-39;1-2/h6-17,19-30,32-33H,2,4-5,18,31H2,1,3H3;1-2H3. The number of unbranched alkanes of at least 4 members (excludes halogenated alkanes) is 1. The van der Waals surface area contributed by atoms with Crippen molar-refractivity contribution < 1.29 is 0 Å². The van der Waals surface area contributed by atoms with E-state index in [4.69, 9.17) is 9.98 Å². The summed E-state index contributed by atoms with van der Waals surface area (Å²) in [5, 5.41) is 5.04. The van der Waals surface area contributed by atoms with Crippen molar-refractivity contribution in [2.75, 3.05) is 0 Å². The molecule has 0 amide bonds. The smallest absolute Gasteiger partial charge is 0.160 e. The lowest BCUT2D eigenvalue weighted by Crippen LogP contribution is -2.05. The van der Waals surface area contributed by atoms with Crippen molar-refractivity contribution in [3.8, 4) is 11.1 Å². The summed E-state index contributed by atoms with van der Waals surface area (Å²) in [4.78, 5) is 10.3. The molecular weight excluding hydrogens is 629 g/mol. The van der Waals surface area contributed by atoms with Crippen LogP contribution >= 0.6 is 0 Å². The molecule has 0 bridgehead atoms. The molecular formula is C50H48N2. The van der Waals surface area contributed by atoms with Crippen LogP contribution in [0.15, 0.2) is 174 Å². The predicted molar refractivity (Wildman–Crippen MR) is 227 cm³/mol. The minimum absolute atomic E-state index is 0.640. The molecule has 0 saturated carbocycles. The fraction of sp³-hybridized carbons (Fsp3) is 0.160. The zero-order valence-electron chi connectivity index (χ0n) is 30.9. The van der Waals surface area contributed by atoms with Crippen LogP contribution in [0, 0.1) is 0 Å². The Labute approximate surface area is 310 Å². The first kappa shape index (κ1) is 35.9. The third kappa shape index (κ3) is 8.19. The summed E-state index contributed by atoms with van der Waals surface area (Å²) in [5.41, 5.74) is 11.0. The van der Waals surface area contributed by atoms with Crippen LogP contribution in [0.5, 0.6) is 0 Å². The Morgan fingerprint density at radius 3 is 1.79 bits per heavy atom. The van der Waals surface area contributed by atoms with E-state index >= 15 is 0 Å². The largest absolute Gasteiger partial charge is 0.233 e. The molecule has 2 heteroatoms. The van der Waals surface area contributed by atoms with Gasteiger partial charge in [0, 0.05) is 11.3 Å². The van der Waals surface area contributed by atoms with Gasteiger partial charge in [-0.25, -0.2) is 9.98 Å². The lowest BCUT2D eigenvalue weighted by atomic mass is 9.84. The first-order chi connectivity index (χ1) is 25.6. The third-order valence-corrected chi connectivity index (χ3v) is 9.47. The molecule has 0 spiro atoms. The Morgan fingerprint density at radius 1 is 0.538 bits per heavy atom. The lowest BCUT2D eigenvalue weighted by Gasteiger charge is -2.19. The van der Waals surface area contributed by atoms with Gasteiger partial charge in [0.1, 0.15) is 0 Å². The average molecular weight is 677 g/mol. The summed E-state index contributed by atoms with van der Waals surface area (Å²) in [6.45, 7) is 12.7. The molecule has 7 aromatic carbocycles. The molecule has 2 nitrogen and oxygen atoms in total. The molecule has 0 unspecified atom stereocenters. The summed E-state index contributed by atoms with van der Waals surface area (Å²) in [7, 11) is 0. The van der Waals surface area contributed by atoms with Gasteiger partial charge in [-0.1, -0.05) is 185 Å². The second-order valence-corrected chi connectivity index (χ2v) is 12.9. The Morgan fingerprint density at radius 2 is 1.13 bits per heavy atom. The molecule has 0 heterocycles. The number of fused-ring (bicyclic) bond motifs is 2. The summed E-state index contributed by atoms with van der Waals surface area (Å²) >= 11 is 0. The van der Waals surface area contributed by atoms with E-state index in [0.717, 1.165) is 35.2 Å². The van der Waals surface area contributed by atoms with Gasteiger partial charge < -0.3 is 0 Å². The van der Waals surface area contributed by atoms with Gasteiger partial charge in [0.25, 0.3) is 0 Å². The zero-order chi connectivity index (χ0) is 36.3. The highest BCUT2D eigenvalue weighted by atomic mass is 14.9. The summed E-state index contributed by atoms with van der Waals surface area (Å²) in [6.07, 6.45) is 4.29. The van der Waals surface area contributed by atoms with Crippen LogP contribution in [0.2, 0.25) is 0 Å². The Bertz CT molecular complexity index is 2320. The fourth-order valence-corrected chi connectivity index (χ4v) is 6.83. The maximum atomic E-state index is 5.19. The third-order valence-electron chi connectivity index (χ3n) is 9.47. The van der Waals surface area contributed by atoms with Crippen LogP contribution in [-0.4, -0.2) is 11.5 Å². The highest BCUT2D eigenvalue weighted by Crippen LogP contribution is 2.41. The SMILES string of the molecule is C=C(N=C(N=C(C)c1ccccc1)c1ccc2c(Cc3ccccc3)c3cc(CCCC)ccc3c(-c3ccccc3)c2c1)c1ccccc1.CC. The Kier molecular flexibility index (Phi) is 12.0. The van der Waals surface area contributed by atoms with Crippen molar-refractivity contribution >= 4 is 38.8 Å². The van der Waals surface area contributed by atoms with Gasteiger partial charge >= 0.3 is 0 Å². The van der Waals surface area contributed by atoms with Crippen molar-refractivity contribution in [1.82, 2.24) is 0 Å². The van der Waals surface area contributed by atoms with Crippen LogP contribution in [0.4, 0.5) is 0 Å². The molecule has 7 rings (SSSR count). The molecule has 52 heavy (non-hydrogen) atoms. The molecule has 0 atom stereocenters. The molecule has 0 radical (unpaired) electrons. The number of nitrogens with zero attached hydrogens (tertiary/aromatic N) is 2. The summed E-state index contributed by atoms with van der Waals surface area (Å²) in [5.74, 6) is 0.640. The van der Waals surface area contributed by atoms with E-state index in [1.165, 1.54) is 62.2 Å². The molecule has 0 aliphatic rings. The number of aryl methyl sites for hydroxylation is 1. The quantitative estimate of drug-likeness (QED) is 0.0782. The van der Waals surface area contributed by atoms with Gasteiger partial charge in [0.15, 0.2) is 5.84 Å². The first-order valence-electron chi connectivity index (χ1n) is 18.6. The van der Waals surface area contributed by atoms with Crippen LogP contribution in [0.3, 0.4) is 0 Å². The van der Waals surface area contributed by atoms with Crippen molar-refractivity contribution in [1.29, 1.82) is 0 Å². The molecule has 0 aliphatic carbocycles. The van der Waals surface area contributed by atoms with Gasteiger partial charge in [0.2, 0.25) is 0 Å². The molecule has 0 aliphatic heterocycles. The molecule has 0 fully saturated rings. The lowest BCUT2D eigenvalue weighted by molar-refractivity contribution is 0.796. The maximum absolute atomic E-state index is 5.19. The number of amidine groups is 1. The predicted octanol–water partition coefficient (Wildman–Crippen LogP) is 13.5. The Hall–Kier alpha value is -5.86. The van der Waals surface area contributed by atoms with Gasteiger partial charge in [0.05, 0.1) is 5.70 Å². The van der Waals surface area contributed by atoms with E-state index in [1.54, 1.807) is 0 Å². The molecule has 7 aromatic rings. The van der Waals surface area contributed by atoms with Crippen molar-refractivity contribution in [2.24, 2.45) is 9.98 Å². The van der Waals surface area contributed by atoms with Crippen LogP contribution in [0.25, 0.3) is 38.4 Å². The van der Waals surface area contributed by atoms with Crippen molar-refractivity contribution in [2.45, 2.75) is 53.4 Å². The maximum Gasteiger partial charge on any atom is 0.160 e. The van der Waals surface area contributed by atoms with E-state index in [9.17, 15) is 0 Å². The van der Waals surface area contributed by atoms with Crippen LogP contribution in [-0.2, 0) is 12.8 Å². The second-order valence-electron chi connectivity index (χ2n) is 12.9. The fourth-order valence-electron chi connectivity index (χ4n) is 6.83. The topological polar surface area (TPSA) is 24.7 Å². The van der Waals surface area contributed by atoms with Gasteiger partial charge in [-0.05, 0) is 92.7 Å². The monoisotopic (exact) mass is 676 g/mol. The highest BCUT2D eigenvalue weighted by molar-refractivity contribution is 6.18. The van der Waals surface area contributed by atoms with E-state index in [1.807, 2.05) is 69.3 Å². The van der Waals surface area contributed by atoms with Crippen LogP contribution in [0.1, 0.15) is 73.9 Å². The Balaban J connectivity index is 0.00000228. The summed E-state index contributed by atoms with van der Waals surface area (Å²) < 4.78 is 0. The minimum atomic E-state index is 0.640. The number of aliphatic imine (C=N–C) groups is 2. The molecule has 0 aromatic heterocycles. The molecule has 258 valence electrons. The first-order valence-corrected chi connectivity index (χ1v) is 18.6. The van der Waals surface area contributed by atoms with Gasteiger partial charge in [-0.2, -0.15) is 0 Å². The summed E-state index contributed by atoms with van der Waals surface area (Å²) in [6, 6.07) is 56.0. The van der Waals surface area contributed by atoms with E-state index in [0.29, 0.717) is 11.5 Å². The number of hydrogen-bond acceptors (Lipinski definition) is 1. The van der Waals surface area contributed by atoms with E-state index in [2.05, 4.69) is 123 Å². The average Bonchev–Trinajstić information content (AvgIpc) is 3.21. The minimum Gasteiger partial charge on any atom is -0.233 e. The zero-order valence-corrected chi connectivity index (χ0v) is 30.9. The number of benzene rings is 7. The number of rotatable bonds is 10. The normalized spacial score (nSPS) is 11.7. The van der Waals surface area contributed by atoms with Crippen LogP contribution < -0.4 is 0 Å². The molecule has 0 N–H and O–H groups in total.